The van der Waals surface area contributed by atoms with Gasteiger partial charge in [-0.2, -0.15) is 11.8 Å². The summed E-state index contributed by atoms with van der Waals surface area (Å²) in [5.41, 5.74) is 0. The van der Waals surface area contributed by atoms with Gasteiger partial charge in [-0.1, -0.05) is 0 Å². The van der Waals surface area contributed by atoms with Crippen molar-refractivity contribution >= 4 is 27.6 Å². The van der Waals surface area contributed by atoms with Crippen molar-refractivity contribution < 1.29 is 8.42 Å². The first-order valence-electron chi connectivity index (χ1n) is 6.55. The average molecular weight is 316 g/mol. The summed E-state index contributed by atoms with van der Waals surface area (Å²) >= 11 is 1.94. The molecule has 0 aliphatic carbocycles. The Balaban J connectivity index is 1.89. The number of anilines is 1. The second kappa shape index (κ2) is 7.26. The van der Waals surface area contributed by atoms with Crippen molar-refractivity contribution in [1.82, 2.24) is 14.6 Å². The van der Waals surface area contributed by atoms with Gasteiger partial charge in [-0.05, 0) is 6.07 Å². The highest BCUT2D eigenvalue weighted by molar-refractivity contribution is 7.99. The Morgan fingerprint density at radius 1 is 1.40 bits per heavy atom. The van der Waals surface area contributed by atoms with E-state index in [0.717, 1.165) is 31.1 Å². The van der Waals surface area contributed by atoms with Crippen LogP contribution < -0.4 is 10.0 Å². The summed E-state index contributed by atoms with van der Waals surface area (Å²) in [5.74, 6) is 2.80. The van der Waals surface area contributed by atoms with Crippen LogP contribution in [0.4, 0.5) is 5.82 Å². The predicted octanol–water partition coefficient (Wildman–Crippen LogP) is 0.450. The third kappa shape index (κ3) is 4.34. The number of aromatic nitrogens is 1. The number of hydrogen-bond acceptors (Lipinski definition) is 6. The van der Waals surface area contributed by atoms with Gasteiger partial charge in [-0.15, -0.1) is 0 Å². The Morgan fingerprint density at radius 2 is 2.15 bits per heavy atom. The smallest absolute Gasteiger partial charge is 0.240 e. The molecule has 1 aromatic heterocycles. The molecule has 1 aromatic rings. The van der Waals surface area contributed by atoms with Crippen LogP contribution in [0.25, 0.3) is 0 Å². The van der Waals surface area contributed by atoms with Crippen molar-refractivity contribution in [3.8, 4) is 0 Å². The Labute approximate surface area is 124 Å². The molecule has 2 heterocycles. The molecule has 0 atom stereocenters. The molecular weight excluding hydrogens is 296 g/mol. The first-order valence-corrected chi connectivity index (χ1v) is 9.19. The fourth-order valence-corrected chi connectivity index (χ4v) is 3.97. The number of sulfonamides is 1. The fourth-order valence-electron chi connectivity index (χ4n) is 1.96. The zero-order valence-corrected chi connectivity index (χ0v) is 13.1. The van der Waals surface area contributed by atoms with Crippen LogP contribution in [0.3, 0.4) is 0 Å². The Morgan fingerprint density at radius 3 is 2.85 bits per heavy atom. The molecule has 1 aliphatic rings. The van der Waals surface area contributed by atoms with Crippen molar-refractivity contribution in [1.29, 1.82) is 0 Å². The second-order valence-corrected chi connectivity index (χ2v) is 7.47. The molecule has 0 saturated carbocycles. The van der Waals surface area contributed by atoms with Crippen molar-refractivity contribution in [3.63, 3.8) is 0 Å². The van der Waals surface area contributed by atoms with Gasteiger partial charge in [-0.25, -0.2) is 18.1 Å². The zero-order valence-electron chi connectivity index (χ0n) is 11.5. The maximum absolute atomic E-state index is 12.2. The van der Waals surface area contributed by atoms with Gasteiger partial charge in [-0.3, -0.25) is 0 Å². The molecule has 20 heavy (non-hydrogen) atoms. The quantitative estimate of drug-likeness (QED) is 0.794. The molecule has 1 aliphatic heterocycles. The molecule has 112 valence electrons. The second-order valence-electron chi connectivity index (χ2n) is 4.48. The van der Waals surface area contributed by atoms with E-state index in [1.54, 1.807) is 7.05 Å². The van der Waals surface area contributed by atoms with Crippen LogP contribution in [0, 0.1) is 0 Å². The van der Waals surface area contributed by atoms with E-state index in [2.05, 4.69) is 19.9 Å². The molecule has 1 saturated heterocycles. The van der Waals surface area contributed by atoms with Crippen LogP contribution in [0.15, 0.2) is 23.2 Å². The van der Waals surface area contributed by atoms with Crippen molar-refractivity contribution in [3.05, 3.63) is 18.3 Å². The molecule has 1 fully saturated rings. The highest BCUT2D eigenvalue weighted by Crippen LogP contribution is 2.12. The maximum atomic E-state index is 12.2. The molecule has 2 N–H and O–H groups in total. The minimum absolute atomic E-state index is 0.242. The Kier molecular flexibility index (Phi) is 5.64. The summed E-state index contributed by atoms with van der Waals surface area (Å²) in [6.45, 7) is 3.26. The van der Waals surface area contributed by atoms with E-state index in [9.17, 15) is 8.42 Å². The molecule has 0 spiro atoms. The SMILES string of the molecule is CNc1cc(S(=O)(=O)NCCN2CCSCC2)ccn1. The Bertz CT molecular complexity index is 530. The minimum Gasteiger partial charge on any atom is -0.373 e. The molecule has 0 radical (unpaired) electrons. The van der Waals surface area contributed by atoms with Crippen molar-refractivity contribution in [2.24, 2.45) is 0 Å². The summed E-state index contributed by atoms with van der Waals surface area (Å²) in [4.78, 5) is 6.54. The van der Waals surface area contributed by atoms with Crippen LogP contribution in [0.1, 0.15) is 0 Å². The van der Waals surface area contributed by atoms with Gasteiger partial charge in [0.2, 0.25) is 10.0 Å². The molecule has 2 rings (SSSR count). The van der Waals surface area contributed by atoms with E-state index in [4.69, 9.17) is 0 Å². The number of thioether (sulfide) groups is 1. The van der Waals surface area contributed by atoms with Crippen LogP contribution in [-0.2, 0) is 10.0 Å². The third-order valence-electron chi connectivity index (χ3n) is 3.12. The van der Waals surface area contributed by atoms with Gasteiger partial charge in [0.15, 0.2) is 0 Å². The lowest BCUT2D eigenvalue weighted by Gasteiger charge is -2.25. The lowest BCUT2D eigenvalue weighted by atomic mass is 10.4. The minimum atomic E-state index is -3.46. The van der Waals surface area contributed by atoms with E-state index < -0.39 is 10.0 Å². The van der Waals surface area contributed by atoms with E-state index in [-0.39, 0.29) is 4.90 Å². The van der Waals surface area contributed by atoms with E-state index in [1.165, 1.54) is 18.3 Å². The lowest BCUT2D eigenvalue weighted by Crippen LogP contribution is -2.39. The van der Waals surface area contributed by atoms with Gasteiger partial charge in [0, 0.05) is 57.0 Å². The van der Waals surface area contributed by atoms with Gasteiger partial charge in [0.1, 0.15) is 5.82 Å². The lowest BCUT2D eigenvalue weighted by molar-refractivity contribution is 0.307. The molecule has 8 heteroatoms. The number of nitrogens with one attached hydrogen (secondary N) is 2. The van der Waals surface area contributed by atoms with E-state index in [1.807, 2.05) is 11.8 Å². The van der Waals surface area contributed by atoms with Gasteiger partial charge >= 0.3 is 0 Å². The predicted molar refractivity (Wildman–Crippen MR) is 82.7 cm³/mol. The van der Waals surface area contributed by atoms with E-state index in [0.29, 0.717) is 12.4 Å². The molecule has 0 aromatic carbocycles. The van der Waals surface area contributed by atoms with Gasteiger partial charge < -0.3 is 10.2 Å². The van der Waals surface area contributed by atoms with Gasteiger partial charge in [0.25, 0.3) is 0 Å². The fraction of sp³-hybridized carbons (Fsp3) is 0.583. The van der Waals surface area contributed by atoms with Crippen LogP contribution in [0.5, 0.6) is 0 Å². The number of rotatable bonds is 6. The first kappa shape index (κ1) is 15.6. The summed E-state index contributed by atoms with van der Waals surface area (Å²) in [5, 5.41) is 2.83. The monoisotopic (exact) mass is 316 g/mol. The normalized spacial score (nSPS) is 17.1. The maximum Gasteiger partial charge on any atom is 0.240 e. The molecule has 0 bridgehead atoms. The highest BCUT2D eigenvalue weighted by Gasteiger charge is 2.16. The topological polar surface area (TPSA) is 74.3 Å². The van der Waals surface area contributed by atoms with Gasteiger partial charge in [0.05, 0.1) is 4.90 Å². The zero-order chi connectivity index (χ0) is 14.4. The van der Waals surface area contributed by atoms with E-state index >= 15 is 0 Å². The average Bonchev–Trinajstić information content (AvgIpc) is 2.48. The molecule has 0 amide bonds. The molecule has 0 unspecified atom stereocenters. The Hall–Kier alpha value is -0.830. The van der Waals surface area contributed by atoms with Crippen LogP contribution in [-0.4, -0.2) is 63.0 Å². The third-order valence-corrected chi connectivity index (χ3v) is 5.52. The highest BCUT2D eigenvalue weighted by atomic mass is 32.2. The standard InChI is InChI=1S/C12H20N4O2S2/c1-13-12-10-11(2-3-14-12)20(17,18)15-4-5-16-6-8-19-9-7-16/h2-3,10,15H,4-9H2,1H3,(H,13,14). The number of pyridine rings is 1. The number of nitrogens with zero attached hydrogens (tertiary/aromatic N) is 2. The summed E-state index contributed by atoms with van der Waals surface area (Å²) < 4.78 is 26.9. The van der Waals surface area contributed by atoms with Crippen molar-refractivity contribution in [2.45, 2.75) is 4.90 Å². The van der Waals surface area contributed by atoms with Crippen molar-refractivity contribution in [2.75, 3.05) is 50.0 Å². The molecular formula is C12H20N4O2S2. The number of hydrogen-bond donors (Lipinski definition) is 2. The first-order chi connectivity index (χ1) is 9.62. The van der Waals surface area contributed by atoms with Crippen LogP contribution in [0.2, 0.25) is 0 Å². The molecule has 6 nitrogen and oxygen atoms in total. The largest absolute Gasteiger partial charge is 0.373 e. The van der Waals surface area contributed by atoms with Crippen LogP contribution >= 0.6 is 11.8 Å². The summed E-state index contributed by atoms with van der Waals surface area (Å²) in [6, 6.07) is 3.03. The summed E-state index contributed by atoms with van der Waals surface area (Å²) in [7, 11) is -1.75. The summed E-state index contributed by atoms with van der Waals surface area (Å²) in [6.07, 6.45) is 1.49.